The van der Waals surface area contributed by atoms with Gasteiger partial charge in [0.05, 0.1) is 25.0 Å². The number of esters is 1. The lowest BCUT2D eigenvalue weighted by molar-refractivity contribution is -0.140. The van der Waals surface area contributed by atoms with E-state index in [-0.39, 0.29) is 23.9 Å². The fourth-order valence-electron chi connectivity index (χ4n) is 3.26. The summed E-state index contributed by atoms with van der Waals surface area (Å²) in [4.78, 5) is 24.3. The van der Waals surface area contributed by atoms with E-state index >= 15 is 0 Å². The van der Waals surface area contributed by atoms with Crippen molar-refractivity contribution in [1.82, 2.24) is 19.3 Å². The summed E-state index contributed by atoms with van der Waals surface area (Å²) in [7, 11) is 1.37. The number of ether oxygens (including phenoxy) is 1. The van der Waals surface area contributed by atoms with E-state index in [0.717, 1.165) is 22.6 Å². The molecule has 0 amide bonds. The van der Waals surface area contributed by atoms with Crippen molar-refractivity contribution in [2.75, 3.05) is 12.9 Å². The Morgan fingerprint density at radius 3 is 2.66 bits per heavy atom. The van der Waals surface area contributed by atoms with Gasteiger partial charge in [-0.3, -0.25) is 14.2 Å². The molecule has 2 heterocycles. The van der Waals surface area contributed by atoms with E-state index in [1.807, 2.05) is 60.2 Å². The Morgan fingerprint density at radius 1 is 1.17 bits per heavy atom. The van der Waals surface area contributed by atoms with E-state index in [4.69, 9.17) is 4.74 Å². The summed E-state index contributed by atoms with van der Waals surface area (Å²) < 4.78 is 8.58. The van der Waals surface area contributed by atoms with Crippen LogP contribution in [0.5, 0.6) is 0 Å². The number of aromatic nitrogens is 4. The number of aryl methyl sites for hydroxylation is 2. The van der Waals surface area contributed by atoms with Crippen LogP contribution in [-0.2, 0) is 16.1 Å². The Kier molecular flexibility index (Phi) is 6.53. The number of hydrogen-bond acceptors (Lipinski definition) is 6. The largest absolute Gasteiger partial charge is 0.469 e. The van der Waals surface area contributed by atoms with Crippen LogP contribution in [0.15, 0.2) is 41.8 Å². The molecule has 0 radical (unpaired) electrons. The second-order valence-electron chi connectivity index (χ2n) is 6.74. The van der Waals surface area contributed by atoms with Crippen molar-refractivity contribution in [3.63, 3.8) is 0 Å². The van der Waals surface area contributed by atoms with Crippen molar-refractivity contribution in [3.05, 3.63) is 59.2 Å². The monoisotopic (exact) mass is 412 g/mol. The van der Waals surface area contributed by atoms with Crippen molar-refractivity contribution >= 4 is 23.5 Å². The van der Waals surface area contributed by atoms with Gasteiger partial charge in [-0.2, -0.15) is 0 Å². The van der Waals surface area contributed by atoms with E-state index in [1.54, 1.807) is 6.33 Å². The Balaban J connectivity index is 1.72. The molecule has 2 aromatic heterocycles. The number of carbonyl (C=O) groups excluding carboxylic acids is 2. The SMILES string of the molecule is COC(=O)CCn1c(C)cc(C(=O)CSc2nncn2-c2ccccc2C)c1C. The lowest BCUT2D eigenvalue weighted by atomic mass is 10.2. The molecule has 1 aromatic carbocycles. The first-order valence-corrected chi connectivity index (χ1v) is 10.3. The summed E-state index contributed by atoms with van der Waals surface area (Å²) in [5.74, 6) is 0.00881. The summed E-state index contributed by atoms with van der Waals surface area (Å²) in [5.41, 5.74) is 4.57. The first-order valence-electron chi connectivity index (χ1n) is 9.28. The summed E-state index contributed by atoms with van der Waals surface area (Å²) in [5, 5.41) is 8.85. The second-order valence-corrected chi connectivity index (χ2v) is 7.69. The van der Waals surface area contributed by atoms with Crippen LogP contribution in [0.4, 0.5) is 0 Å². The molecule has 8 heteroatoms. The van der Waals surface area contributed by atoms with E-state index in [2.05, 4.69) is 10.2 Å². The average molecular weight is 413 g/mol. The zero-order chi connectivity index (χ0) is 21.0. The third kappa shape index (κ3) is 4.59. The summed E-state index contributed by atoms with van der Waals surface area (Å²) in [6, 6.07) is 9.85. The Bertz CT molecular complexity index is 1040. The predicted molar refractivity (Wildman–Crippen MR) is 112 cm³/mol. The molecule has 0 bridgehead atoms. The Hall–Kier alpha value is -2.87. The van der Waals surface area contributed by atoms with E-state index in [1.165, 1.54) is 18.9 Å². The minimum absolute atomic E-state index is 0.0201. The van der Waals surface area contributed by atoms with Crippen LogP contribution in [0.3, 0.4) is 0 Å². The van der Waals surface area contributed by atoms with Crippen LogP contribution >= 0.6 is 11.8 Å². The molecule has 0 saturated heterocycles. The van der Waals surface area contributed by atoms with Gasteiger partial charge < -0.3 is 9.30 Å². The zero-order valence-corrected chi connectivity index (χ0v) is 17.8. The molecule has 0 N–H and O–H groups in total. The zero-order valence-electron chi connectivity index (χ0n) is 17.0. The van der Waals surface area contributed by atoms with Gasteiger partial charge in [0.2, 0.25) is 0 Å². The number of nitrogens with zero attached hydrogens (tertiary/aromatic N) is 4. The van der Waals surface area contributed by atoms with Gasteiger partial charge in [0.25, 0.3) is 0 Å². The van der Waals surface area contributed by atoms with Crippen molar-refractivity contribution < 1.29 is 14.3 Å². The molecule has 0 aliphatic heterocycles. The smallest absolute Gasteiger partial charge is 0.307 e. The molecule has 152 valence electrons. The van der Waals surface area contributed by atoms with Gasteiger partial charge in [0.1, 0.15) is 6.33 Å². The third-order valence-corrected chi connectivity index (χ3v) is 5.81. The van der Waals surface area contributed by atoms with Crippen LogP contribution in [0.25, 0.3) is 5.69 Å². The number of thioether (sulfide) groups is 1. The Labute approximate surface area is 174 Å². The van der Waals surface area contributed by atoms with Gasteiger partial charge in [-0.1, -0.05) is 30.0 Å². The standard InChI is InChI=1S/C21H24N4O3S/c1-14-7-5-6-8-18(14)25-13-22-23-21(25)29-12-19(26)17-11-15(2)24(16(17)3)10-9-20(27)28-4/h5-8,11,13H,9-10,12H2,1-4H3. The number of carbonyl (C=O) groups is 2. The lowest BCUT2D eigenvalue weighted by Gasteiger charge is -2.09. The number of hydrogen-bond donors (Lipinski definition) is 0. The topological polar surface area (TPSA) is 79.0 Å². The summed E-state index contributed by atoms with van der Waals surface area (Å²) in [6.45, 7) is 6.35. The fraction of sp³-hybridized carbons (Fsp3) is 0.333. The molecule has 0 atom stereocenters. The normalized spacial score (nSPS) is 10.9. The molecule has 0 aliphatic rings. The molecule has 7 nitrogen and oxygen atoms in total. The molecule has 3 rings (SSSR count). The van der Waals surface area contributed by atoms with Crippen LogP contribution in [0.1, 0.15) is 33.7 Å². The maximum Gasteiger partial charge on any atom is 0.307 e. The minimum Gasteiger partial charge on any atom is -0.469 e. The van der Waals surface area contributed by atoms with Crippen LogP contribution in [0.2, 0.25) is 0 Å². The third-order valence-electron chi connectivity index (χ3n) is 4.87. The van der Waals surface area contributed by atoms with Gasteiger partial charge in [-0.05, 0) is 38.5 Å². The number of para-hydroxylation sites is 1. The van der Waals surface area contributed by atoms with E-state index in [9.17, 15) is 9.59 Å². The number of benzene rings is 1. The highest BCUT2D eigenvalue weighted by molar-refractivity contribution is 7.99. The fourth-order valence-corrected chi connectivity index (χ4v) is 4.07. The molecule has 29 heavy (non-hydrogen) atoms. The maximum atomic E-state index is 12.9. The highest BCUT2D eigenvalue weighted by Crippen LogP contribution is 2.24. The molecule has 0 fully saturated rings. The molecule has 0 unspecified atom stereocenters. The van der Waals surface area contributed by atoms with Crippen LogP contribution in [0, 0.1) is 20.8 Å². The molecule has 3 aromatic rings. The van der Waals surface area contributed by atoms with Crippen molar-refractivity contribution in [3.8, 4) is 5.69 Å². The summed E-state index contributed by atoms with van der Waals surface area (Å²) in [6.07, 6.45) is 1.93. The quantitative estimate of drug-likeness (QED) is 0.320. The van der Waals surface area contributed by atoms with Gasteiger partial charge in [0, 0.05) is 23.5 Å². The number of Topliss-reactive ketones (excluding diaryl/α,β-unsaturated/α-hetero) is 1. The first-order chi connectivity index (χ1) is 13.9. The minimum atomic E-state index is -0.267. The van der Waals surface area contributed by atoms with Gasteiger partial charge in [0.15, 0.2) is 10.9 Å². The van der Waals surface area contributed by atoms with E-state index < -0.39 is 0 Å². The van der Waals surface area contributed by atoms with Gasteiger partial charge in [-0.25, -0.2) is 0 Å². The number of methoxy groups -OCH3 is 1. The maximum absolute atomic E-state index is 12.9. The van der Waals surface area contributed by atoms with E-state index in [0.29, 0.717) is 17.3 Å². The lowest BCUT2D eigenvalue weighted by Crippen LogP contribution is -2.11. The molecule has 0 aliphatic carbocycles. The average Bonchev–Trinajstić information content (AvgIpc) is 3.29. The van der Waals surface area contributed by atoms with Crippen LogP contribution < -0.4 is 0 Å². The Morgan fingerprint density at radius 2 is 1.93 bits per heavy atom. The number of rotatable bonds is 8. The van der Waals surface area contributed by atoms with Crippen molar-refractivity contribution in [2.45, 2.75) is 38.9 Å². The van der Waals surface area contributed by atoms with Gasteiger partial charge >= 0.3 is 5.97 Å². The summed E-state index contributed by atoms with van der Waals surface area (Å²) >= 11 is 1.36. The molecular formula is C21H24N4O3S. The van der Waals surface area contributed by atoms with Gasteiger partial charge in [-0.15, -0.1) is 10.2 Å². The van der Waals surface area contributed by atoms with Crippen LogP contribution in [-0.4, -0.2) is 43.9 Å². The molecule has 0 saturated carbocycles. The number of ketones is 1. The molecule has 0 spiro atoms. The molecular weight excluding hydrogens is 388 g/mol. The van der Waals surface area contributed by atoms with Crippen molar-refractivity contribution in [2.24, 2.45) is 0 Å². The highest BCUT2D eigenvalue weighted by Gasteiger charge is 2.18. The highest BCUT2D eigenvalue weighted by atomic mass is 32.2. The van der Waals surface area contributed by atoms with Crippen molar-refractivity contribution in [1.29, 1.82) is 0 Å². The predicted octanol–water partition coefficient (Wildman–Crippen LogP) is 3.53. The second kappa shape index (κ2) is 9.09. The first kappa shape index (κ1) is 20.9.